The molecule has 0 amide bonds. The van der Waals surface area contributed by atoms with Gasteiger partial charge in [-0.2, -0.15) is 0 Å². The van der Waals surface area contributed by atoms with Crippen molar-refractivity contribution in [2.75, 3.05) is 24.5 Å². The Bertz CT molecular complexity index is 500. The molecule has 0 bridgehead atoms. The zero-order chi connectivity index (χ0) is 15.5. The second kappa shape index (κ2) is 7.42. The topological polar surface area (TPSA) is 6.48 Å². The lowest BCUT2D eigenvalue weighted by molar-refractivity contribution is 0.163. The second-order valence-electron chi connectivity index (χ2n) is 6.52. The average Bonchev–Trinajstić information content (AvgIpc) is 3.07. The normalized spacial score (nSPS) is 26.3. The molecule has 0 spiro atoms. The number of rotatable bonds is 4. The van der Waals surface area contributed by atoms with Crippen LogP contribution in [0.5, 0.6) is 0 Å². The highest BCUT2D eigenvalue weighted by Gasteiger charge is 2.35. The van der Waals surface area contributed by atoms with Crippen molar-refractivity contribution in [2.24, 2.45) is 0 Å². The number of benzene rings is 1. The number of hydrogen-bond acceptors (Lipinski definition) is 2. The van der Waals surface area contributed by atoms with Crippen molar-refractivity contribution in [1.29, 1.82) is 0 Å². The van der Waals surface area contributed by atoms with E-state index in [2.05, 4.69) is 22.8 Å². The van der Waals surface area contributed by atoms with Gasteiger partial charge in [0, 0.05) is 18.6 Å². The van der Waals surface area contributed by atoms with Crippen LogP contribution in [0.1, 0.15) is 45.4 Å². The maximum absolute atomic E-state index is 6.51. The first-order chi connectivity index (χ1) is 10.7. The molecule has 3 rings (SSSR count). The van der Waals surface area contributed by atoms with Gasteiger partial charge in [0.05, 0.1) is 15.7 Å². The summed E-state index contributed by atoms with van der Waals surface area (Å²) >= 11 is 12.8. The fourth-order valence-electron chi connectivity index (χ4n) is 4.25. The number of nitrogens with zero attached hydrogens (tertiary/aromatic N) is 2. The van der Waals surface area contributed by atoms with Crippen LogP contribution in [-0.2, 0) is 0 Å². The summed E-state index contributed by atoms with van der Waals surface area (Å²) in [5.74, 6) is 0. The molecule has 122 valence electrons. The molecule has 2 aliphatic rings. The van der Waals surface area contributed by atoms with Crippen molar-refractivity contribution in [3.63, 3.8) is 0 Å². The van der Waals surface area contributed by atoms with E-state index in [9.17, 15) is 0 Å². The Morgan fingerprint density at radius 1 is 1.09 bits per heavy atom. The van der Waals surface area contributed by atoms with Crippen LogP contribution >= 0.6 is 23.2 Å². The standard InChI is InChI=1S/C18H26Cl2N2/c1-2-22(17-11-7-8-14(19)18(17)20)16-10-4-3-9-15(16)21-12-5-6-13-21/h7-8,11,15-16H,2-6,9-10,12-13H2,1H3. The Labute approximate surface area is 144 Å². The van der Waals surface area contributed by atoms with Crippen LogP contribution < -0.4 is 4.90 Å². The summed E-state index contributed by atoms with van der Waals surface area (Å²) in [4.78, 5) is 5.21. The van der Waals surface area contributed by atoms with E-state index < -0.39 is 0 Å². The van der Waals surface area contributed by atoms with Gasteiger partial charge in [0.25, 0.3) is 0 Å². The van der Waals surface area contributed by atoms with E-state index in [1.807, 2.05) is 12.1 Å². The summed E-state index contributed by atoms with van der Waals surface area (Å²) in [6.07, 6.45) is 7.97. The lowest BCUT2D eigenvalue weighted by atomic mass is 9.87. The molecule has 1 aliphatic heterocycles. The Balaban J connectivity index is 1.88. The molecule has 0 N–H and O–H groups in total. The van der Waals surface area contributed by atoms with Gasteiger partial charge in [-0.05, 0) is 57.8 Å². The fraction of sp³-hybridized carbons (Fsp3) is 0.667. The monoisotopic (exact) mass is 340 g/mol. The van der Waals surface area contributed by atoms with Crippen molar-refractivity contribution in [1.82, 2.24) is 4.90 Å². The molecular formula is C18H26Cl2N2. The van der Waals surface area contributed by atoms with Gasteiger partial charge in [-0.3, -0.25) is 4.90 Å². The van der Waals surface area contributed by atoms with Crippen LogP contribution in [0.25, 0.3) is 0 Å². The smallest absolute Gasteiger partial charge is 0.0825 e. The van der Waals surface area contributed by atoms with Gasteiger partial charge in [-0.15, -0.1) is 0 Å². The van der Waals surface area contributed by atoms with Crippen molar-refractivity contribution in [2.45, 2.75) is 57.5 Å². The molecule has 2 nitrogen and oxygen atoms in total. The van der Waals surface area contributed by atoms with Gasteiger partial charge in [-0.1, -0.05) is 42.1 Å². The molecule has 0 radical (unpaired) electrons. The van der Waals surface area contributed by atoms with Gasteiger partial charge in [-0.25, -0.2) is 0 Å². The predicted octanol–water partition coefficient (Wildman–Crippen LogP) is 5.23. The van der Waals surface area contributed by atoms with Crippen molar-refractivity contribution < 1.29 is 0 Å². The van der Waals surface area contributed by atoms with Crippen LogP contribution in [0.2, 0.25) is 10.0 Å². The first-order valence-electron chi connectivity index (χ1n) is 8.67. The summed E-state index contributed by atoms with van der Waals surface area (Å²) in [6.45, 7) is 5.74. The molecule has 1 aliphatic carbocycles. The zero-order valence-corrected chi connectivity index (χ0v) is 14.9. The number of halogens is 2. The Hall–Kier alpha value is -0.440. The fourth-order valence-corrected chi connectivity index (χ4v) is 4.66. The Kier molecular flexibility index (Phi) is 5.54. The molecule has 22 heavy (non-hydrogen) atoms. The molecule has 2 atom stereocenters. The lowest BCUT2D eigenvalue weighted by Crippen LogP contribution is -2.53. The lowest BCUT2D eigenvalue weighted by Gasteiger charge is -2.45. The van der Waals surface area contributed by atoms with E-state index in [1.54, 1.807) is 0 Å². The molecule has 4 heteroatoms. The third-order valence-electron chi connectivity index (χ3n) is 5.29. The van der Waals surface area contributed by atoms with Gasteiger partial charge in [0.2, 0.25) is 0 Å². The zero-order valence-electron chi connectivity index (χ0n) is 13.4. The van der Waals surface area contributed by atoms with Crippen molar-refractivity contribution >= 4 is 28.9 Å². The summed E-state index contributed by atoms with van der Waals surface area (Å²) in [7, 11) is 0. The van der Waals surface area contributed by atoms with Crippen molar-refractivity contribution in [3.8, 4) is 0 Å². The quantitative estimate of drug-likeness (QED) is 0.740. The second-order valence-corrected chi connectivity index (χ2v) is 7.31. The minimum Gasteiger partial charge on any atom is -0.366 e. The molecule has 1 heterocycles. The largest absolute Gasteiger partial charge is 0.366 e. The first kappa shape index (κ1) is 16.4. The van der Waals surface area contributed by atoms with Gasteiger partial charge < -0.3 is 4.90 Å². The van der Waals surface area contributed by atoms with Crippen LogP contribution in [0, 0.1) is 0 Å². The van der Waals surface area contributed by atoms with Crippen LogP contribution in [-0.4, -0.2) is 36.6 Å². The minimum atomic E-state index is 0.563. The van der Waals surface area contributed by atoms with Crippen LogP contribution in [0.15, 0.2) is 18.2 Å². The molecular weight excluding hydrogens is 315 g/mol. The Morgan fingerprint density at radius 3 is 2.55 bits per heavy atom. The third kappa shape index (κ3) is 3.25. The number of hydrogen-bond donors (Lipinski definition) is 0. The van der Waals surface area contributed by atoms with E-state index >= 15 is 0 Å². The van der Waals surface area contributed by atoms with E-state index in [4.69, 9.17) is 23.2 Å². The average molecular weight is 341 g/mol. The third-order valence-corrected chi connectivity index (χ3v) is 6.09. The SMILES string of the molecule is CCN(c1cccc(Cl)c1Cl)C1CCCCC1N1CCCC1. The van der Waals surface area contributed by atoms with E-state index in [1.165, 1.54) is 51.6 Å². The summed E-state index contributed by atoms with van der Waals surface area (Å²) in [5, 5.41) is 1.36. The van der Waals surface area contributed by atoms with E-state index in [0.29, 0.717) is 22.1 Å². The maximum Gasteiger partial charge on any atom is 0.0825 e. The van der Waals surface area contributed by atoms with E-state index in [0.717, 1.165) is 12.2 Å². The van der Waals surface area contributed by atoms with Crippen LogP contribution in [0.4, 0.5) is 5.69 Å². The molecule has 1 saturated carbocycles. The number of anilines is 1. The molecule has 2 fully saturated rings. The minimum absolute atomic E-state index is 0.563. The first-order valence-corrected chi connectivity index (χ1v) is 9.42. The van der Waals surface area contributed by atoms with Gasteiger partial charge in [0.1, 0.15) is 0 Å². The highest BCUT2D eigenvalue weighted by molar-refractivity contribution is 6.43. The molecule has 0 aromatic heterocycles. The summed E-state index contributed by atoms with van der Waals surface area (Å²) in [5.41, 5.74) is 1.10. The highest BCUT2D eigenvalue weighted by Crippen LogP contribution is 2.37. The molecule has 1 saturated heterocycles. The van der Waals surface area contributed by atoms with Gasteiger partial charge in [0.15, 0.2) is 0 Å². The molecule has 2 unspecified atom stereocenters. The van der Waals surface area contributed by atoms with Gasteiger partial charge >= 0.3 is 0 Å². The highest BCUT2D eigenvalue weighted by atomic mass is 35.5. The predicted molar refractivity (Wildman–Crippen MR) is 96.3 cm³/mol. The number of likely N-dealkylation sites (tertiary alicyclic amines) is 1. The van der Waals surface area contributed by atoms with E-state index in [-0.39, 0.29) is 0 Å². The summed E-state index contributed by atoms with van der Waals surface area (Å²) in [6, 6.07) is 7.24. The Morgan fingerprint density at radius 2 is 1.82 bits per heavy atom. The molecule has 1 aromatic carbocycles. The maximum atomic E-state index is 6.51. The number of likely N-dealkylation sites (N-methyl/N-ethyl adjacent to an activating group) is 1. The molecule has 1 aromatic rings. The summed E-state index contributed by atoms with van der Waals surface area (Å²) < 4.78 is 0. The van der Waals surface area contributed by atoms with Crippen molar-refractivity contribution in [3.05, 3.63) is 28.2 Å². The van der Waals surface area contributed by atoms with Crippen LogP contribution in [0.3, 0.4) is 0 Å².